The molecule has 1 N–H and O–H groups in total. The Hall–Kier alpha value is -2.08. The van der Waals surface area contributed by atoms with Gasteiger partial charge in [-0.3, -0.25) is 9.59 Å². The lowest BCUT2D eigenvalue weighted by molar-refractivity contribution is -0.143. The number of carbonyl (C=O) groups is 2. The molecule has 6 heteroatoms. The first-order chi connectivity index (χ1) is 11.7. The number of hydrogen-bond donors (Lipinski definition) is 1. The minimum Gasteiger partial charge on any atom is -0.495 e. The van der Waals surface area contributed by atoms with Gasteiger partial charge < -0.3 is 19.7 Å². The van der Waals surface area contributed by atoms with E-state index in [1.54, 1.807) is 7.11 Å². The molecule has 2 amide bonds. The number of amides is 2. The van der Waals surface area contributed by atoms with Crippen LogP contribution in [0.25, 0.3) is 0 Å². The number of benzene rings is 1. The molecule has 3 rings (SSSR count). The van der Waals surface area contributed by atoms with E-state index in [1.165, 1.54) is 0 Å². The number of hydrogen-bond acceptors (Lipinski definition) is 4. The number of carbonyl (C=O) groups excluding carboxylic acids is 2. The fourth-order valence-electron chi connectivity index (χ4n) is 3.32. The van der Waals surface area contributed by atoms with Gasteiger partial charge in [0.25, 0.3) is 5.91 Å². The van der Waals surface area contributed by atoms with Crippen LogP contribution in [0, 0.1) is 5.92 Å². The van der Waals surface area contributed by atoms with Crippen LogP contribution in [0.1, 0.15) is 25.7 Å². The highest BCUT2D eigenvalue weighted by atomic mass is 16.5. The Balaban J connectivity index is 1.52. The van der Waals surface area contributed by atoms with Crippen molar-refractivity contribution in [1.29, 1.82) is 0 Å². The van der Waals surface area contributed by atoms with Crippen LogP contribution >= 0.6 is 0 Å². The Kier molecular flexibility index (Phi) is 5.35. The fraction of sp³-hybridized carbons (Fsp3) is 0.556. The van der Waals surface area contributed by atoms with Crippen molar-refractivity contribution < 1.29 is 19.1 Å². The highest BCUT2D eigenvalue weighted by molar-refractivity contribution is 5.94. The zero-order chi connectivity index (χ0) is 16.9. The van der Waals surface area contributed by atoms with Crippen molar-refractivity contribution in [3.05, 3.63) is 24.3 Å². The smallest absolute Gasteiger partial charge is 0.251 e. The lowest BCUT2D eigenvalue weighted by Gasteiger charge is -2.32. The number of para-hydroxylation sites is 2. The Morgan fingerprint density at radius 2 is 1.96 bits per heavy atom. The first-order valence-electron chi connectivity index (χ1n) is 8.53. The van der Waals surface area contributed by atoms with Gasteiger partial charge in [0.05, 0.1) is 12.8 Å². The summed E-state index contributed by atoms with van der Waals surface area (Å²) >= 11 is 0. The zero-order valence-corrected chi connectivity index (χ0v) is 14.0. The van der Waals surface area contributed by atoms with Crippen LogP contribution in [-0.2, 0) is 14.3 Å². The third kappa shape index (κ3) is 3.70. The van der Waals surface area contributed by atoms with Crippen LogP contribution in [0.2, 0.25) is 0 Å². The van der Waals surface area contributed by atoms with Crippen LogP contribution in [0.4, 0.5) is 5.69 Å². The first kappa shape index (κ1) is 16.8. The Morgan fingerprint density at radius 3 is 2.62 bits per heavy atom. The lowest BCUT2D eigenvalue weighted by Crippen LogP contribution is -2.45. The molecule has 6 nitrogen and oxygen atoms in total. The van der Waals surface area contributed by atoms with Crippen LogP contribution in [0.5, 0.6) is 5.75 Å². The summed E-state index contributed by atoms with van der Waals surface area (Å²) in [5, 5.41) is 2.94. The quantitative estimate of drug-likeness (QED) is 0.916. The van der Waals surface area contributed by atoms with Crippen molar-refractivity contribution in [2.75, 3.05) is 32.1 Å². The van der Waals surface area contributed by atoms with Gasteiger partial charge in [0.1, 0.15) is 11.9 Å². The summed E-state index contributed by atoms with van der Waals surface area (Å²) in [6.07, 6.45) is 2.85. The highest BCUT2D eigenvalue weighted by Crippen LogP contribution is 2.26. The van der Waals surface area contributed by atoms with Crippen molar-refractivity contribution in [3.63, 3.8) is 0 Å². The standard InChI is InChI=1S/C18H24N2O4/c1-23-15-6-3-2-5-14(15)19-17(21)13-8-10-20(11-9-13)18(22)16-7-4-12-24-16/h2-3,5-6,13,16H,4,7-12H2,1H3,(H,19,21). The predicted molar refractivity (Wildman–Crippen MR) is 89.9 cm³/mol. The Morgan fingerprint density at radius 1 is 1.21 bits per heavy atom. The number of ether oxygens (including phenoxy) is 2. The maximum absolute atomic E-state index is 12.5. The van der Waals surface area contributed by atoms with E-state index < -0.39 is 0 Å². The van der Waals surface area contributed by atoms with Crippen LogP contribution in [0.3, 0.4) is 0 Å². The molecule has 0 radical (unpaired) electrons. The Bertz CT molecular complexity index is 590. The molecule has 2 heterocycles. The molecule has 1 aromatic rings. The van der Waals surface area contributed by atoms with Crippen molar-refractivity contribution in [1.82, 2.24) is 4.90 Å². The van der Waals surface area contributed by atoms with E-state index in [2.05, 4.69) is 5.32 Å². The molecule has 0 bridgehead atoms. The molecule has 1 aromatic carbocycles. The molecule has 1 unspecified atom stereocenters. The van der Waals surface area contributed by atoms with Gasteiger partial charge in [-0.05, 0) is 37.8 Å². The molecule has 2 fully saturated rings. The summed E-state index contributed by atoms with van der Waals surface area (Å²) < 4.78 is 10.7. The summed E-state index contributed by atoms with van der Waals surface area (Å²) in [4.78, 5) is 26.6. The van der Waals surface area contributed by atoms with Gasteiger partial charge in [0.15, 0.2) is 0 Å². The van der Waals surface area contributed by atoms with Crippen molar-refractivity contribution in [3.8, 4) is 5.75 Å². The molecular formula is C18H24N2O4. The molecule has 2 aliphatic rings. The second-order valence-electron chi connectivity index (χ2n) is 6.29. The second kappa shape index (κ2) is 7.66. The maximum atomic E-state index is 12.5. The summed E-state index contributed by atoms with van der Waals surface area (Å²) in [5.41, 5.74) is 0.683. The molecule has 0 spiro atoms. The van der Waals surface area contributed by atoms with Gasteiger partial charge in [-0.1, -0.05) is 12.1 Å². The number of nitrogens with one attached hydrogen (secondary N) is 1. The van der Waals surface area contributed by atoms with Gasteiger partial charge in [-0.2, -0.15) is 0 Å². The topological polar surface area (TPSA) is 67.9 Å². The molecule has 0 aliphatic carbocycles. The summed E-state index contributed by atoms with van der Waals surface area (Å²) in [6.45, 7) is 1.90. The third-order valence-electron chi connectivity index (χ3n) is 4.75. The largest absolute Gasteiger partial charge is 0.495 e. The first-order valence-corrected chi connectivity index (χ1v) is 8.53. The SMILES string of the molecule is COc1ccccc1NC(=O)C1CCN(C(=O)C2CCCO2)CC1. The predicted octanol–water partition coefficient (Wildman–Crippen LogP) is 2.05. The van der Waals surface area contributed by atoms with E-state index in [0.717, 1.165) is 12.8 Å². The van der Waals surface area contributed by atoms with E-state index in [-0.39, 0.29) is 23.8 Å². The van der Waals surface area contributed by atoms with E-state index in [0.29, 0.717) is 44.0 Å². The average Bonchev–Trinajstić information content (AvgIpc) is 3.16. The highest BCUT2D eigenvalue weighted by Gasteiger charge is 2.32. The molecule has 1 atom stereocenters. The van der Waals surface area contributed by atoms with Crippen molar-refractivity contribution >= 4 is 17.5 Å². The average molecular weight is 332 g/mol. The van der Waals surface area contributed by atoms with Crippen LogP contribution in [-0.4, -0.2) is 49.6 Å². The molecule has 24 heavy (non-hydrogen) atoms. The minimum atomic E-state index is -0.274. The van der Waals surface area contributed by atoms with E-state index in [1.807, 2.05) is 29.2 Å². The maximum Gasteiger partial charge on any atom is 0.251 e. The van der Waals surface area contributed by atoms with E-state index in [9.17, 15) is 9.59 Å². The third-order valence-corrected chi connectivity index (χ3v) is 4.75. The van der Waals surface area contributed by atoms with Gasteiger partial charge in [-0.15, -0.1) is 0 Å². The van der Waals surface area contributed by atoms with E-state index in [4.69, 9.17) is 9.47 Å². The molecule has 0 aromatic heterocycles. The molecular weight excluding hydrogens is 308 g/mol. The van der Waals surface area contributed by atoms with Gasteiger partial charge in [0, 0.05) is 25.6 Å². The molecule has 130 valence electrons. The molecule has 2 aliphatic heterocycles. The second-order valence-corrected chi connectivity index (χ2v) is 6.29. The number of likely N-dealkylation sites (tertiary alicyclic amines) is 1. The van der Waals surface area contributed by atoms with Gasteiger partial charge in [0.2, 0.25) is 5.91 Å². The fourth-order valence-corrected chi connectivity index (χ4v) is 3.32. The van der Waals surface area contributed by atoms with Crippen molar-refractivity contribution in [2.24, 2.45) is 5.92 Å². The number of rotatable bonds is 4. The summed E-state index contributed by atoms with van der Waals surface area (Å²) in [5.74, 6) is 0.639. The monoisotopic (exact) mass is 332 g/mol. The molecule has 2 saturated heterocycles. The summed E-state index contributed by atoms with van der Waals surface area (Å²) in [7, 11) is 1.58. The number of anilines is 1. The number of methoxy groups -OCH3 is 1. The Labute approximate surface area is 142 Å². The van der Waals surface area contributed by atoms with Crippen molar-refractivity contribution in [2.45, 2.75) is 31.8 Å². The molecule has 0 saturated carbocycles. The van der Waals surface area contributed by atoms with Crippen LogP contribution in [0.15, 0.2) is 24.3 Å². The lowest BCUT2D eigenvalue weighted by atomic mass is 9.95. The van der Waals surface area contributed by atoms with Gasteiger partial charge >= 0.3 is 0 Å². The normalized spacial score (nSPS) is 21.5. The summed E-state index contributed by atoms with van der Waals surface area (Å²) in [6, 6.07) is 7.37. The van der Waals surface area contributed by atoms with E-state index >= 15 is 0 Å². The zero-order valence-electron chi connectivity index (χ0n) is 14.0. The van der Waals surface area contributed by atoms with Gasteiger partial charge in [-0.25, -0.2) is 0 Å². The minimum absolute atomic E-state index is 0.0104. The number of piperidine rings is 1. The van der Waals surface area contributed by atoms with Crippen LogP contribution < -0.4 is 10.1 Å². The number of nitrogens with zero attached hydrogens (tertiary/aromatic N) is 1.